The minimum atomic E-state index is 0.0607. The van der Waals surface area contributed by atoms with E-state index < -0.39 is 0 Å². The molecule has 3 aliphatic rings. The second-order valence-corrected chi connectivity index (χ2v) is 8.69. The maximum absolute atomic E-state index is 6.07. The molecule has 1 heterocycles. The fraction of sp³-hybridized carbons (Fsp3) is 0.818. The van der Waals surface area contributed by atoms with Crippen molar-refractivity contribution >= 4 is 11.6 Å². The molecule has 0 spiro atoms. The van der Waals surface area contributed by atoms with E-state index in [9.17, 15) is 0 Å². The molecule has 142 valence electrons. The van der Waals surface area contributed by atoms with E-state index in [2.05, 4.69) is 12.7 Å². The highest BCUT2D eigenvalue weighted by atomic mass is 35.5. The average Bonchev–Trinajstić information content (AvgIpc) is 2.68. The molecular formula is C22H35ClO2. The van der Waals surface area contributed by atoms with E-state index in [4.69, 9.17) is 21.1 Å². The van der Waals surface area contributed by atoms with Crippen molar-refractivity contribution in [2.45, 2.75) is 70.5 Å². The highest BCUT2D eigenvalue weighted by Crippen LogP contribution is 2.43. The first kappa shape index (κ1) is 19.5. The van der Waals surface area contributed by atoms with Crippen molar-refractivity contribution in [1.29, 1.82) is 0 Å². The Bertz CT molecular complexity index is 412. The molecule has 1 aliphatic heterocycles. The lowest BCUT2D eigenvalue weighted by Crippen LogP contribution is -2.39. The van der Waals surface area contributed by atoms with Crippen LogP contribution in [-0.2, 0) is 9.47 Å². The van der Waals surface area contributed by atoms with E-state index in [0.29, 0.717) is 11.8 Å². The van der Waals surface area contributed by atoms with Gasteiger partial charge in [0.2, 0.25) is 0 Å². The summed E-state index contributed by atoms with van der Waals surface area (Å²) in [5, 5.41) is 0. The number of allylic oxidation sites excluding steroid dienone is 2. The summed E-state index contributed by atoms with van der Waals surface area (Å²) in [6, 6.07) is 0. The largest absolute Gasteiger partial charge is 0.352 e. The molecule has 0 atom stereocenters. The summed E-state index contributed by atoms with van der Waals surface area (Å²) in [5.74, 6) is 3.77. The molecule has 25 heavy (non-hydrogen) atoms. The van der Waals surface area contributed by atoms with Crippen molar-refractivity contribution in [2.24, 2.45) is 29.6 Å². The van der Waals surface area contributed by atoms with Crippen LogP contribution in [0.2, 0.25) is 0 Å². The number of ether oxygens (including phenoxy) is 2. The van der Waals surface area contributed by atoms with Crippen molar-refractivity contribution in [3.05, 3.63) is 24.3 Å². The van der Waals surface area contributed by atoms with E-state index in [1.54, 1.807) is 5.54 Å². The van der Waals surface area contributed by atoms with Gasteiger partial charge >= 0.3 is 0 Å². The Morgan fingerprint density at radius 1 is 0.840 bits per heavy atom. The summed E-state index contributed by atoms with van der Waals surface area (Å²) in [7, 11) is 0. The lowest BCUT2D eigenvalue weighted by molar-refractivity contribution is -0.230. The minimum Gasteiger partial charge on any atom is -0.352 e. The molecule has 0 N–H and O–H groups in total. The van der Waals surface area contributed by atoms with E-state index in [1.807, 2.05) is 6.08 Å². The molecule has 3 fully saturated rings. The summed E-state index contributed by atoms with van der Waals surface area (Å²) >= 11 is 5.74. The second kappa shape index (κ2) is 10.1. The number of hydrogen-bond acceptors (Lipinski definition) is 2. The van der Waals surface area contributed by atoms with Crippen LogP contribution in [0.4, 0.5) is 0 Å². The molecule has 0 unspecified atom stereocenters. The van der Waals surface area contributed by atoms with Crippen LogP contribution in [0.15, 0.2) is 24.3 Å². The molecule has 2 aliphatic carbocycles. The van der Waals surface area contributed by atoms with Gasteiger partial charge in [-0.3, -0.25) is 0 Å². The minimum absolute atomic E-state index is 0.0607. The van der Waals surface area contributed by atoms with Crippen LogP contribution in [0, 0.1) is 29.6 Å². The Labute approximate surface area is 159 Å². The van der Waals surface area contributed by atoms with Crippen LogP contribution < -0.4 is 0 Å². The molecule has 2 saturated carbocycles. The topological polar surface area (TPSA) is 18.5 Å². The standard InChI is InChI=1S/C22H35ClO2/c1-2-3-4-18-15-24-22(25-16-18)21-11-9-20(10-12-21)19-7-5-17(6-8-19)13-14-23/h2,13-14,17-22H,1,3-12,15-16H2/b14-13+. The Balaban J connectivity index is 1.36. The Hall–Kier alpha value is -0.310. The normalized spacial score (nSPS) is 40.2. The highest BCUT2D eigenvalue weighted by molar-refractivity contribution is 6.25. The van der Waals surface area contributed by atoms with Gasteiger partial charge in [0.05, 0.1) is 13.2 Å². The van der Waals surface area contributed by atoms with Crippen molar-refractivity contribution in [2.75, 3.05) is 13.2 Å². The van der Waals surface area contributed by atoms with Crippen LogP contribution in [0.3, 0.4) is 0 Å². The monoisotopic (exact) mass is 366 g/mol. The number of halogens is 1. The molecule has 0 amide bonds. The van der Waals surface area contributed by atoms with Crippen LogP contribution >= 0.6 is 11.6 Å². The molecule has 1 saturated heterocycles. The number of rotatable bonds is 6. The second-order valence-electron chi connectivity index (χ2n) is 8.44. The molecule has 0 aromatic rings. The van der Waals surface area contributed by atoms with Crippen molar-refractivity contribution in [3.63, 3.8) is 0 Å². The summed E-state index contributed by atoms with van der Waals surface area (Å²) < 4.78 is 12.1. The Morgan fingerprint density at radius 2 is 1.40 bits per heavy atom. The van der Waals surface area contributed by atoms with Crippen molar-refractivity contribution < 1.29 is 9.47 Å². The third kappa shape index (κ3) is 5.58. The van der Waals surface area contributed by atoms with Gasteiger partial charge in [0.25, 0.3) is 0 Å². The van der Waals surface area contributed by atoms with Crippen LogP contribution in [0.1, 0.15) is 64.2 Å². The molecular weight excluding hydrogens is 332 g/mol. The maximum Gasteiger partial charge on any atom is 0.160 e. The molecule has 0 aromatic heterocycles. The summed E-state index contributed by atoms with van der Waals surface area (Å²) in [6.45, 7) is 5.54. The van der Waals surface area contributed by atoms with Gasteiger partial charge < -0.3 is 9.47 Å². The van der Waals surface area contributed by atoms with Gasteiger partial charge in [-0.05, 0) is 82.0 Å². The van der Waals surface area contributed by atoms with Gasteiger partial charge in [-0.15, -0.1) is 6.58 Å². The van der Waals surface area contributed by atoms with Gasteiger partial charge in [0.1, 0.15) is 0 Å². The third-order valence-corrected chi connectivity index (χ3v) is 6.95. The molecule has 3 heteroatoms. The molecule has 3 rings (SSSR count). The molecule has 2 nitrogen and oxygen atoms in total. The highest BCUT2D eigenvalue weighted by Gasteiger charge is 2.35. The van der Waals surface area contributed by atoms with E-state index >= 15 is 0 Å². The Morgan fingerprint density at radius 3 is 1.96 bits per heavy atom. The smallest absolute Gasteiger partial charge is 0.160 e. The quantitative estimate of drug-likeness (QED) is 0.513. The van der Waals surface area contributed by atoms with Gasteiger partial charge in [-0.1, -0.05) is 23.8 Å². The van der Waals surface area contributed by atoms with Crippen LogP contribution in [0.5, 0.6) is 0 Å². The van der Waals surface area contributed by atoms with Crippen LogP contribution in [-0.4, -0.2) is 19.5 Å². The first-order valence-electron chi connectivity index (χ1n) is 10.4. The van der Waals surface area contributed by atoms with Gasteiger partial charge in [-0.25, -0.2) is 0 Å². The summed E-state index contributed by atoms with van der Waals surface area (Å²) in [4.78, 5) is 0. The van der Waals surface area contributed by atoms with Gasteiger partial charge in [-0.2, -0.15) is 0 Å². The fourth-order valence-electron chi connectivity index (χ4n) is 5.15. The third-order valence-electron chi connectivity index (χ3n) is 6.80. The molecule has 0 aromatic carbocycles. The fourth-order valence-corrected chi connectivity index (χ4v) is 5.36. The van der Waals surface area contributed by atoms with Gasteiger partial charge in [0, 0.05) is 17.4 Å². The van der Waals surface area contributed by atoms with E-state index in [1.165, 1.54) is 51.4 Å². The van der Waals surface area contributed by atoms with Gasteiger partial charge in [0.15, 0.2) is 6.29 Å². The predicted molar refractivity (Wildman–Crippen MR) is 105 cm³/mol. The zero-order valence-electron chi connectivity index (χ0n) is 15.6. The summed E-state index contributed by atoms with van der Waals surface area (Å²) in [5.41, 5.74) is 1.71. The SMILES string of the molecule is C=CCCC1COC(C2CCC(C3CCC(/C=C/Cl)CC3)CC2)OC1. The Kier molecular flexibility index (Phi) is 7.89. The summed E-state index contributed by atoms with van der Waals surface area (Å²) in [6.07, 6.45) is 17.2. The first-order valence-corrected chi connectivity index (χ1v) is 10.8. The lowest BCUT2D eigenvalue weighted by Gasteiger charge is -2.40. The van der Waals surface area contributed by atoms with Crippen molar-refractivity contribution in [1.82, 2.24) is 0 Å². The molecule has 0 bridgehead atoms. The zero-order valence-corrected chi connectivity index (χ0v) is 16.3. The predicted octanol–water partition coefficient (Wildman–Crippen LogP) is 6.31. The van der Waals surface area contributed by atoms with Crippen LogP contribution in [0.25, 0.3) is 0 Å². The van der Waals surface area contributed by atoms with E-state index in [0.717, 1.165) is 43.8 Å². The zero-order chi connectivity index (χ0) is 17.5. The average molecular weight is 367 g/mol. The van der Waals surface area contributed by atoms with Crippen molar-refractivity contribution in [3.8, 4) is 0 Å². The maximum atomic E-state index is 6.07. The van der Waals surface area contributed by atoms with E-state index in [-0.39, 0.29) is 6.29 Å². The number of hydrogen-bond donors (Lipinski definition) is 0. The first-order chi connectivity index (χ1) is 12.3. The molecule has 0 radical (unpaired) electrons. The lowest BCUT2D eigenvalue weighted by atomic mass is 9.69.